The Labute approximate surface area is 152 Å². The molecule has 1 unspecified atom stereocenters. The van der Waals surface area contributed by atoms with Crippen LogP contribution in [0.2, 0.25) is 0 Å². The van der Waals surface area contributed by atoms with Crippen molar-refractivity contribution in [1.82, 2.24) is 0 Å². The molecular weight excluding hydrogens is 328 g/mol. The van der Waals surface area contributed by atoms with Crippen LogP contribution < -0.4 is 10.6 Å². The lowest BCUT2D eigenvalue weighted by Gasteiger charge is -2.12. The van der Waals surface area contributed by atoms with Crippen molar-refractivity contribution in [3.63, 3.8) is 0 Å². The number of furan rings is 1. The van der Waals surface area contributed by atoms with Gasteiger partial charge in [0.25, 0.3) is 5.91 Å². The van der Waals surface area contributed by atoms with Gasteiger partial charge >= 0.3 is 0 Å². The average Bonchev–Trinajstić information content (AvgIpc) is 3.04. The minimum Gasteiger partial charge on any atom is -0.459 e. The summed E-state index contributed by atoms with van der Waals surface area (Å²) in [5, 5.41) is 5.92. The smallest absolute Gasteiger partial charge is 0.291 e. The van der Waals surface area contributed by atoms with Gasteiger partial charge in [0.1, 0.15) is 0 Å². The predicted octanol–water partition coefficient (Wildman–Crippen LogP) is 4.07. The first-order valence-electron chi connectivity index (χ1n) is 9.38. The second-order valence-corrected chi connectivity index (χ2v) is 7.96. The third-order valence-electron chi connectivity index (χ3n) is 6.53. The fourth-order valence-electron chi connectivity index (χ4n) is 5.37. The highest BCUT2D eigenvalue weighted by atomic mass is 16.3. The van der Waals surface area contributed by atoms with Gasteiger partial charge in [-0.2, -0.15) is 0 Å². The fourth-order valence-corrected chi connectivity index (χ4v) is 5.37. The molecule has 3 fully saturated rings. The van der Waals surface area contributed by atoms with Crippen molar-refractivity contribution >= 4 is 23.2 Å². The van der Waals surface area contributed by atoms with Crippen LogP contribution in [0.1, 0.15) is 35.4 Å². The zero-order valence-corrected chi connectivity index (χ0v) is 14.7. The second kappa shape index (κ2) is 5.73. The summed E-state index contributed by atoms with van der Waals surface area (Å²) in [7, 11) is 0. The van der Waals surface area contributed by atoms with E-state index in [1.54, 1.807) is 12.1 Å². The van der Waals surface area contributed by atoms with Gasteiger partial charge in [0, 0.05) is 17.3 Å². The molecule has 3 aliphatic rings. The molecule has 1 aromatic carbocycles. The number of amides is 2. The number of hydrogen-bond acceptors (Lipinski definition) is 3. The van der Waals surface area contributed by atoms with Gasteiger partial charge in [-0.1, -0.05) is 0 Å². The Hall–Kier alpha value is -2.56. The molecule has 5 rings (SSSR count). The van der Waals surface area contributed by atoms with Gasteiger partial charge in [-0.05, 0) is 85.8 Å². The van der Waals surface area contributed by atoms with Crippen LogP contribution in [0.5, 0.6) is 0 Å². The van der Waals surface area contributed by atoms with Crippen LogP contribution in [0.25, 0.3) is 0 Å². The summed E-state index contributed by atoms with van der Waals surface area (Å²) in [5.74, 6) is 3.25. The first kappa shape index (κ1) is 15.7. The molecular formula is C21H22N2O3. The summed E-state index contributed by atoms with van der Waals surface area (Å²) < 4.78 is 5.11. The van der Waals surface area contributed by atoms with Crippen LogP contribution in [-0.2, 0) is 4.79 Å². The van der Waals surface area contributed by atoms with Gasteiger partial charge in [-0.3, -0.25) is 9.59 Å². The van der Waals surface area contributed by atoms with Crippen molar-refractivity contribution in [3.8, 4) is 0 Å². The van der Waals surface area contributed by atoms with E-state index < -0.39 is 0 Å². The normalized spacial score (nSPS) is 30.7. The Bertz CT molecular complexity index is 857. The van der Waals surface area contributed by atoms with Crippen LogP contribution in [0.4, 0.5) is 11.4 Å². The molecule has 5 nitrogen and oxygen atoms in total. The van der Waals surface area contributed by atoms with Crippen LogP contribution in [0.3, 0.4) is 0 Å². The van der Waals surface area contributed by atoms with Crippen molar-refractivity contribution in [2.45, 2.75) is 26.2 Å². The molecule has 1 aromatic heterocycles. The van der Waals surface area contributed by atoms with E-state index in [1.165, 1.54) is 25.5 Å². The largest absolute Gasteiger partial charge is 0.459 e. The predicted molar refractivity (Wildman–Crippen MR) is 97.8 cm³/mol. The minimum atomic E-state index is -0.281. The van der Waals surface area contributed by atoms with Gasteiger partial charge in [-0.25, -0.2) is 0 Å². The summed E-state index contributed by atoms with van der Waals surface area (Å²) in [4.78, 5) is 24.7. The molecule has 1 heterocycles. The summed E-state index contributed by atoms with van der Waals surface area (Å²) in [6.07, 6.45) is 5.46. The molecule has 2 amide bonds. The molecule has 0 aliphatic heterocycles. The lowest BCUT2D eigenvalue weighted by atomic mass is 10.0. The van der Waals surface area contributed by atoms with E-state index in [4.69, 9.17) is 4.42 Å². The molecule has 3 saturated carbocycles. The third kappa shape index (κ3) is 2.45. The van der Waals surface area contributed by atoms with Crippen LogP contribution in [-0.4, -0.2) is 11.8 Å². The molecule has 26 heavy (non-hydrogen) atoms. The molecule has 0 saturated heterocycles. The minimum absolute atomic E-state index is 0.170. The number of anilines is 2. The summed E-state index contributed by atoms with van der Waals surface area (Å²) in [6.45, 7) is 1.92. The summed E-state index contributed by atoms with van der Waals surface area (Å²) in [5.41, 5.74) is 2.41. The number of carbonyl (C=O) groups is 2. The van der Waals surface area contributed by atoms with Crippen LogP contribution in [0, 0.1) is 36.5 Å². The number of fused-ring (bicyclic) bond motifs is 5. The Kier molecular flexibility index (Phi) is 3.45. The maximum atomic E-state index is 12.6. The summed E-state index contributed by atoms with van der Waals surface area (Å²) >= 11 is 0. The topological polar surface area (TPSA) is 71.3 Å². The van der Waals surface area contributed by atoms with Gasteiger partial charge in [0.05, 0.1) is 6.26 Å². The van der Waals surface area contributed by atoms with Crippen molar-refractivity contribution < 1.29 is 14.0 Å². The second-order valence-electron chi connectivity index (χ2n) is 7.96. The highest BCUT2D eigenvalue weighted by Gasteiger charge is 2.67. The molecule has 2 aromatic rings. The van der Waals surface area contributed by atoms with Crippen molar-refractivity contribution in [2.24, 2.45) is 29.6 Å². The molecule has 0 spiro atoms. The monoisotopic (exact) mass is 350 g/mol. The SMILES string of the molecule is Cc1cc(NC(=O)C2[C@@H]3[C@H]4CC[C@H](C4)[C@H]23)ccc1NC(=O)c1ccco1. The quantitative estimate of drug-likeness (QED) is 0.873. The maximum absolute atomic E-state index is 12.6. The molecule has 5 heteroatoms. The molecule has 2 N–H and O–H groups in total. The number of aryl methyl sites for hydroxylation is 1. The number of nitrogens with one attached hydrogen (secondary N) is 2. The lowest BCUT2D eigenvalue weighted by Crippen LogP contribution is -2.18. The van der Waals surface area contributed by atoms with Crippen molar-refractivity contribution in [3.05, 3.63) is 47.9 Å². The summed E-state index contributed by atoms with van der Waals surface area (Å²) in [6, 6.07) is 8.87. The Morgan fingerprint density at radius 3 is 2.50 bits per heavy atom. The van der Waals surface area contributed by atoms with Crippen molar-refractivity contribution in [1.29, 1.82) is 0 Å². The van der Waals surface area contributed by atoms with Gasteiger partial charge in [0.15, 0.2) is 5.76 Å². The van der Waals surface area contributed by atoms with Gasteiger partial charge in [0.2, 0.25) is 5.91 Å². The highest BCUT2D eigenvalue weighted by molar-refractivity contribution is 6.03. The lowest BCUT2D eigenvalue weighted by molar-refractivity contribution is -0.118. The number of hydrogen-bond donors (Lipinski definition) is 2. The molecule has 2 bridgehead atoms. The van der Waals surface area contributed by atoms with E-state index in [9.17, 15) is 9.59 Å². The van der Waals surface area contributed by atoms with Crippen LogP contribution >= 0.6 is 0 Å². The Morgan fingerprint density at radius 1 is 1.08 bits per heavy atom. The first-order chi connectivity index (χ1) is 12.6. The number of carbonyl (C=O) groups excluding carboxylic acids is 2. The zero-order chi connectivity index (χ0) is 17.8. The van der Waals surface area contributed by atoms with Gasteiger partial charge < -0.3 is 15.1 Å². The molecule has 134 valence electrons. The van der Waals surface area contributed by atoms with E-state index in [2.05, 4.69) is 10.6 Å². The number of rotatable bonds is 4. The van der Waals surface area contributed by atoms with Crippen molar-refractivity contribution in [2.75, 3.05) is 10.6 Å². The molecule has 3 aliphatic carbocycles. The van der Waals surface area contributed by atoms with E-state index in [0.717, 1.165) is 23.1 Å². The highest BCUT2D eigenvalue weighted by Crippen LogP contribution is 2.69. The molecule has 5 atom stereocenters. The third-order valence-corrected chi connectivity index (χ3v) is 6.53. The Balaban J connectivity index is 1.24. The molecule has 0 radical (unpaired) electrons. The Morgan fingerprint density at radius 2 is 1.85 bits per heavy atom. The standard InChI is InChI=1S/C21H22N2O3/c1-11-9-14(6-7-15(11)23-20(24)16-3-2-8-26-16)22-21(25)19-17-12-4-5-13(10-12)18(17)19/h2-3,6-9,12-13,17-19H,4-5,10H2,1H3,(H,22,25)(H,23,24)/t12-,13+,17+,18-,19?. The van der Waals surface area contributed by atoms with E-state index in [-0.39, 0.29) is 23.5 Å². The number of benzene rings is 1. The van der Waals surface area contributed by atoms with E-state index >= 15 is 0 Å². The van der Waals surface area contributed by atoms with Gasteiger partial charge in [-0.15, -0.1) is 0 Å². The maximum Gasteiger partial charge on any atom is 0.291 e. The van der Waals surface area contributed by atoms with E-state index in [0.29, 0.717) is 17.5 Å². The van der Waals surface area contributed by atoms with E-state index in [1.807, 2.05) is 25.1 Å². The first-order valence-corrected chi connectivity index (χ1v) is 9.38. The van der Waals surface area contributed by atoms with Crippen LogP contribution in [0.15, 0.2) is 41.0 Å². The fraction of sp³-hybridized carbons (Fsp3) is 0.429. The zero-order valence-electron chi connectivity index (χ0n) is 14.7. The average molecular weight is 350 g/mol.